The van der Waals surface area contributed by atoms with Gasteiger partial charge in [0, 0.05) is 12.1 Å². The lowest BCUT2D eigenvalue weighted by atomic mass is 9.87. The van der Waals surface area contributed by atoms with Crippen molar-refractivity contribution >= 4 is 5.91 Å². The molecule has 0 unspecified atom stereocenters. The maximum Gasteiger partial charge on any atom is 0.254 e. The molecule has 0 radical (unpaired) electrons. The van der Waals surface area contributed by atoms with Gasteiger partial charge in [0.25, 0.3) is 5.91 Å². The Bertz CT molecular complexity index is 1050. The second-order valence-electron chi connectivity index (χ2n) is 7.43. The number of hydrogen-bond acceptors (Lipinski definition) is 4. The normalized spacial score (nSPS) is 15.2. The minimum Gasteiger partial charge on any atom is -0.494 e. The van der Waals surface area contributed by atoms with Crippen LogP contribution < -0.4 is 14.2 Å². The third kappa shape index (κ3) is 4.08. The number of carbonyl (C=O) groups is 1. The molecule has 0 bridgehead atoms. The Morgan fingerprint density at radius 1 is 0.968 bits per heavy atom. The Kier molecular flexibility index (Phi) is 6.12. The maximum absolute atomic E-state index is 13.6. The number of methoxy groups -OCH3 is 2. The van der Waals surface area contributed by atoms with E-state index in [4.69, 9.17) is 14.2 Å². The van der Waals surface area contributed by atoms with E-state index in [1.807, 2.05) is 66.4 Å². The van der Waals surface area contributed by atoms with Crippen LogP contribution >= 0.6 is 0 Å². The summed E-state index contributed by atoms with van der Waals surface area (Å²) in [4.78, 5) is 15.5. The molecule has 5 nitrogen and oxygen atoms in total. The number of amides is 1. The first-order chi connectivity index (χ1) is 15.2. The minimum atomic E-state index is -0.205. The first-order valence-electron chi connectivity index (χ1n) is 10.5. The second-order valence-corrected chi connectivity index (χ2v) is 7.43. The smallest absolute Gasteiger partial charge is 0.254 e. The summed E-state index contributed by atoms with van der Waals surface area (Å²) < 4.78 is 16.6. The van der Waals surface area contributed by atoms with Crippen LogP contribution in [0.5, 0.6) is 17.2 Å². The fourth-order valence-corrected chi connectivity index (χ4v) is 4.19. The van der Waals surface area contributed by atoms with Crippen molar-refractivity contribution in [2.45, 2.75) is 19.4 Å². The molecule has 3 aromatic rings. The molecule has 1 amide bonds. The molecular weight excluding hydrogens is 390 g/mol. The number of ether oxygens (including phenoxy) is 3. The van der Waals surface area contributed by atoms with E-state index < -0.39 is 0 Å². The first-order valence-corrected chi connectivity index (χ1v) is 10.5. The molecule has 5 heteroatoms. The van der Waals surface area contributed by atoms with E-state index in [9.17, 15) is 4.79 Å². The lowest BCUT2D eigenvalue weighted by Gasteiger charge is -2.38. The van der Waals surface area contributed by atoms with Crippen molar-refractivity contribution < 1.29 is 19.0 Å². The molecule has 0 aliphatic carbocycles. The average Bonchev–Trinajstić information content (AvgIpc) is 2.83. The van der Waals surface area contributed by atoms with Gasteiger partial charge in [-0.3, -0.25) is 4.79 Å². The number of hydrogen-bond donors (Lipinski definition) is 0. The Balaban J connectivity index is 1.77. The third-order valence-electron chi connectivity index (χ3n) is 5.66. The number of fused-ring (bicyclic) bond motifs is 1. The van der Waals surface area contributed by atoms with Crippen LogP contribution in [0.3, 0.4) is 0 Å². The van der Waals surface area contributed by atoms with Gasteiger partial charge in [-0.1, -0.05) is 30.3 Å². The molecule has 1 atom stereocenters. The van der Waals surface area contributed by atoms with Crippen LogP contribution in [0.25, 0.3) is 0 Å². The van der Waals surface area contributed by atoms with Gasteiger partial charge in [0.2, 0.25) is 0 Å². The van der Waals surface area contributed by atoms with E-state index in [1.54, 1.807) is 14.2 Å². The molecule has 4 rings (SSSR count). The lowest BCUT2D eigenvalue weighted by molar-refractivity contribution is 0.0694. The fraction of sp³-hybridized carbons (Fsp3) is 0.269. The molecule has 0 N–H and O–H groups in total. The molecule has 1 heterocycles. The van der Waals surface area contributed by atoms with Crippen LogP contribution in [0.4, 0.5) is 0 Å². The Hall–Kier alpha value is -3.47. The summed E-state index contributed by atoms with van der Waals surface area (Å²) in [6.45, 7) is 3.16. The highest BCUT2D eigenvalue weighted by molar-refractivity contribution is 5.95. The molecule has 1 aliphatic heterocycles. The number of benzene rings is 3. The molecule has 0 fully saturated rings. The Labute approximate surface area is 183 Å². The zero-order valence-electron chi connectivity index (χ0n) is 18.1. The molecule has 3 aromatic carbocycles. The SMILES string of the molecule is CCOc1ccc(C(=O)N2CCc3cc(OC)c(OC)cc3[C@@H]2c2ccccc2)cc1. The van der Waals surface area contributed by atoms with Crippen molar-refractivity contribution in [3.8, 4) is 17.2 Å². The number of carbonyl (C=O) groups excluding carboxylic acids is 1. The van der Waals surface area contributed by atoms with Crippen molar-refractivity contribution in [3.63, 3.8) is 0 Å². The quantitative estimate of drug-likeness (QED) is 0.573. The monoisotopic (exact) mass is 417 g/mol. The van der Waals surface area contributed by atoms with Gasteiger partial charge in [0.15, 0.2) is 11.5 Å². The Morgan fingerprint density at radius 3 is 2.29 bits per heavy atom. The Morgan fingerprint density at radius 2 is 1.65 bits per heavy atom. The van der Waals surface area contributed by atoms with Gasteiger partial charge in [-0.25, -0.2) is 0 Å². The third-order valence-corrected chi connectivity index (χ3v) is 5.66. The van der Waals surface area contributed by atoms with Crippen molar-refractivity contribution in [3.05, 3.63) is 89.0 Å². The van der Waals surface area contributed by atoms with Crippen LogP contribution in [-0.4, -0.2) is 38.2 Å². The standard InChI is InChI=1S/C26H27NO4/c1-4-31-21-12-10-19(11-13-21)26(28)27-15-14-20-16-23(29-2)24(30-3)17-22(20)25(27)18-8-6-5-7-9-18/h5-13,16-17,25H,4,14-15H2,1-3H3/t25-/m0/s1. The highest BCUT2D eigenvalue weighted by Crippen LogP contribution is 2.41. The van der Waals surface area contributed by atoms with Crippen molar-refractivity contribution in [2.75, 3.05) is 27.4 Å². The van der Waals surface area contributed by atoms with E-state index in [-0.39, 0.29) is 11.9 Å². The molecule has 0 spiro atoms. The van der Waals surface area contributed by atoms with Gasteiger partial charge >= 0.3 is 0 Å². The largest absolute Gasteiger partial charge is 0.494 e. The van der Waals surface area contributed by atoms with Crippen LogP contribution in [0.2, 0.25) is 0 Å². The van der Waals surface area contributed by atoms with Gasteiger partial charge in [0.1, 0.15) is 5.75 Å². The fourth-order valence-electron chi connectivity index (χ4n) is 4.19. The van der Waals surface area contributed by atoms with Crippen molar-refractivity contribution in [1.82, 2.24) is 4.90 Å². The summed E-state index contributed by atoms with van der Waals surface area (Å²) in [5.74, 6) is 2.13. The average molecular weight is 418 g/mol. The second kappa shape index (κ2) is 9.13. The van der Waals surface area contributed by atoms with Crippen LogP contribution in [0, 0.1) is 0 Å². The lowest BCUT2D eigenvalue weighted by Crippen LogP contribution is -2.40. The summed E-state index contributed by atoms with van der Waals surface area (Å²) >= 11 is 0. The van der Waals surface area contributed by atoms with Crippen LogP contribution in [0.15, 0.2) is 66.7 Å². The van der Waals surface area contributed by atoms with Gasteiger partial charge in [-0.05, 0) is 66.4 Å². The van der Waals surface area contributed by atoms with Crippen molar-refractivity contribution in [1.29, 1.82) is 0 Å². The summed E-state index contributed by atoms with van der Waals surface area (Å²) in [7, 11) is 3.27. The van der Waals surface area contributed by atoms with Gasteiger partial charge < -0.3 is 19.1 Å². The molecule has 0 aromatic heterocycles. The predicted molar refractivity (Wildman–Crippen MR) is 120 cm³/mol. The molecule has 31 heavy (non-hydrogen) atoms. The molecule has 1 aliphatic rings. The zero-order chi connectivity index (χ0) is 21.8. The van der Waals surface area contributed by atoms with E-state index in [1.165, 1.54) is 5.56 Å². The van der Waals surface area contributed by atoms with Gasteiger partial charge in [0.05, 0.1) is 26.9 Å². The molecule has 160 valence electrons. The van der Waals surface area contributed by atoms with E-state index in [0.29, 0.717) is 30.2 Å². The van der Waals surface area contributed by atoms with E-state index >= 15 is 0 Å². The minimum absolute atomic E-state index is 0.00247. The zero-order valence-corrected chi connectivity index (χ0v) is 18.1. The molecule has 0 saturated carbocycles. The van der Waals surface area contributed by atoms with Crippen molar-refractivity contribution in [2.24, 2.45) is 0 Å². The van der Waals surface area contributed by atoms with E-state index in [2.05, 4.69) is 12.1 Å². The summed E-state index contributed by atoms with van der Waals surface area (Å²) in [6, 6.07) is 21.3. The maximum atomic E-state index is 13.6. The number of nitrogens with zero attached hydrogens (tertiary/aromatic N) is 1. The summed E-state index contributed by atoms with van der Waals surface area (Å²) in [6.07, 6.45) is 0.752. The van der Waals surface area contributed by atoms with Gasteiger partial charge in [-0.2, -0.15) is 0 Å². The highest BCUT2D eigenvalue weighted by atomic mass is 16.5. The van der Waals surface area contributed by atoms with Gasteiger partial charge in [-0.15, -0.1) is 0 Å². The highest BCUT2D eigenvalue weighted by Gasteiger charge is 2.33. The summed E-state index contributed by atoms with van der Waals surface area (Å²) in [5.41, 5.74) is 3.94. The van der Waals surface area contributed by atoms with Crippen LogP contribution in [-0.2, 0) is 6.42 Å². The molecular formula is C26H27NO4. The first kappa shape index (κ1) is 20.8. The van der Waals surface area contributed by atoms with Crippen LogP contribution in [0.1, 0.15) is 40.0 Å². The predicted octanol–water partition coefficient (Wildman–Crippen LogP) is 4.89. The number of rotatable bonds is 6. The topological polar surface area (TPSA) is 48.0 Å². The summed E-state index contributed by atoms with van der Waals surface area (Å²) in [5, 5.41) is 0. The molecule has 0 saturated heterocycles. The van der Waals surface area contributed by atoms with E-state index in [0.717, 1.165) is 23.3 Å².